The maximum atomic E-state index is 12.1. The van der Waals surface area contributed by atoms with Gasteiger partial charge in [0.25, 0.3) is 0 Å². The van der Waals surface area contributed by atoms with Gasteiger partial charge in [-0.25, -0.2) is 0 Å². The monoisotopic (exact) mass is 261 g/mol. The Morgan fingerprint density at radius 2 is 2.00 bits per heavy atom. The number of amidine groups is 1. The van der Waals surface area contributed by atoms with Gasteiger partial charge in [-0.2, -0.15) is 13.2 Å². The summed E-state index contributed by atoms with van der Waals surface area (Å²) >= 11 is 0. The molecule has 3 N–H and O–H groups in total. The first-order valence-corrected chi connectivity index (χ1v) is 5.20. The van der Waals surface area contributed by atoms with Crippen LogP contribution in [0.2, 0.25) is 0 Å². The molecule has 100 valence electrons. The van der Waals surface area contributed by atoms with Crippen LogP contribution in [0.15, 0.2) is 29.4 Å². The average Bonchev–Trinajstić information content (AvgIpc) is 2.34. The molecule has 0 amide bonds. The van der Waals surface area contributed by atoms with Crippen LogP contribution in [-0.4, -0.2) is 30.8 Å². The Kier molecular flexibility index (Phi) is 4.41. The number of hydrogen-bond donors (Lipinski definition) is 2. The van der Waals surface area contributed by atoms with E-state index in [0.29, 0.717) is 11.3 Å². The summed E-state index contributed by atoms with van der Waals surface area (Å²) in [4.78, 5) is 1.42. The zero-order valence-electron chi connectivity index (χ0n) is 9.78. The second-order valence-corrected chi connectivity index (χ2v) is 3.79. The van der Waals surface area contributed by atoms with Crippen LogP contribution >= 0.6 is 0 Å². The van der Waals surface area contributed by atoms with Crippen LogP contribution in [0.25, 0.3) is 0 Å². The number of alkyl halides is 3. The Labute approximate surface area is 102 Å². The number of rotatable bonds is 4. The number of oxime groups is 1. The van der Waals surface area contributed by atoms with E-state index in [1.54, 1.807) is 24.3 Å². The third-order valence-electron chi connectivity index (χ3n) is 2.43. The van der Waals surface area contributed by atoms with Crippen LogP contribution in [0.3, 0.4) is 0 Å². The molecule has 1 rings (SSSR count). The number of para-hydroxylation sites is 1. The van der Waals surface area contributed by atoms with Crippen LogP contribution in [0.5, 0.6) is 0 Å². The Morgan fingerprint density at radius 1 is 1.39 bits per heavy atom. The van der Waals surface area contributed by atoms with Gasteiger partial charge in [0.05, 0.1) is 6.42 Å². The lowest BCUT2D eigenvalue weighted by Gasteiger charge is -2.22. The molecule has 0 heterocycles. The Hall–Kier alpha value is -1.92. The van der Waals surface area contributed by atoms with Crippen LogP contribution in [0.4, 0.5) is 18.9 Å². The van der Waals surface area contributed by atoms with E-state index in [1.807, 2.05) is 0 Å². The second-order valence-electron chi connectivity index (χ2n) is 3.79. The summed E-state index contributed by atoms with van der Waals surface area (Å²) in [5.41, 5.74) is 6.34. The Bertz CT molecular complexity index is 432. The molecule has 0 saturated carbocycles. The molecule has 4 nitrogen and oxygen atoms in total. The molecule has 1 aromatic carbocycles. The van der Waals surface area contributed by atoms with Crippen LogP contribution in [0, 0.1) is 0 Å². The van der Waals surface area contributed by atoms with E-state index < -0.39 is 12.6 Å². The maximum Gasteiger partial charge on any atom is 0.390 e. The predicted molar refractivity (Wildman–Crippen MR) is 62.9 cm³/mol. The number of benzene rings is 1. The Balaban J connectivity index is 2.89. The molecule has 0 saturated heterocycles. The fourth-order valence-electron chi connectivity index (χ4n) is 1.49. The molecule has 0 unspecified atom stereocenters. The summed E-state index contributed by atoms with van der Waals surface area (Å²) in [6.45, 7) is -0.195. The highest BCUT2D eigenvalue weighted by Gasteiger charge is 2.27. The van der Waals surface area contributed by atoms with Gasteiger partial charge in [-0.15, -0.1) is 0 Å². The maximum absolute atomic E-state index is 12.1. The first-order valence-electron chi connectivity index (χ1n) is 5.20. The zero-order chi connectivity index (χ0) is 13.8. The summed E-state index contributed by atoms with van der Waals surface area (Å²) in [6.07, 6.45) is -5.13. The van der Waals surface area contributed by atoms with E-state index in [1.165, 1.54) is 11.9 Å². The van der Waals surface area contributed by atoms with Crippen LogP contribution < -0.4 is 10.6 Å². The molecule has 7 heteroatoms. The van der Waals surface area contributed by atoms with Gasteiger partial charge in [-0.05, 0) is 12.1 Å². The third-order valence-corrected chi connectivity index (χ3v) is 2.43. The SMILES string of the molecule is CN(CCC(F)(F)F)c1ccccc1C(N)=NO. The van der Waals surface area contributed by atoms with Crippen molar-refractivity contribution in [3.05, 3.63) is 29.8 Å². The molecule has 18 heavy (non-hydrogen) atoms. The van der Waals surface area contributed by atoms with Crippen molar-refractivity contribution >= 4 is 11.5 Å². The van der Waals surface area contributed by atoms with Crippen molar-refractivity contribution in [2.24, 2.45) is 10.9 Å². The van der Waals surface area contributed by atoms with E-state index in [0.717, 1.165) is 0 Å². The molecule has 0 aliphatic carbocycles. The molecule has 0 aliphatic rings. The number of nitrogens with zero attached hydrogens (tertiary/aromatic N) is 2. The molecule has 1 aromatic rings. The highest BCUT2D eigenvalue weighted by Crippen LogP contribution is 2.23. The van der Waals surface area contributed by atoms with Crippen LogP contribution in [-0.2, 0) is 0 Å². The standard InChI is InChI=1S/C11H14F3N3O/c1-17(7-6-11(12,13)14)9-5-3-2-4-8(9)10(15)16-18/h2-5,18H,6-7H2,1H3,(H2,15,16). The van der Waals surface area contributed by atoms with E-state index in [2.05, 4.69) is 5.16 Å². The molecular formula is C11H14F3N3O. The van der Waals surface area contributed by atoms with Crippen molar-refractivity contribution in [1.82, 2.24) is 0 Å². The van der Waals surface area contributed by atoms with Crippen molar-refractivity contribution in [3.63, 3.8) is 0 Å². The van der Waals surface area contributed by atoms with Crippen molar-refractivity contribution in [2.75, 3.05) is 18.5 Å². The fourth-order valence-corrected chi connectivity index (χ4v) is 1.49. The van der Waals surface area contributed by atoms with Gasteiger partial charge in [0.15, 0.2) is 5.84 Å². The molecule has 0 fully saturated rings. The minimum atomic E-state index is -4.21. The van der Waals surface area contributed by atoms with Crippen molar-refractivity contribution in [1.29, 1.82) is 0 Å². The fraction of sp³-hybridized carbons (Fsp3) is 0.364. The summed E-state index contributed by atoms with van der Waals surface area (Å²) in [5, 5.41) is 11.5. The number of hydrogen-bond acceptors (Lipinski definition) is 3. The summed E-state index contributed by atoms with van der Waals surface area (Å²) in [5.74, 6) is -0.135. The van der Waals surface area contributed by atoms with Gasteiger partial charge in [0.2, 0.25) is 0 Å². The molecule has 0 radical (unpaired) electrons. The second kappa shape index (κ2) is 5.61. The molecule has 0 aromatic heterocycles. The van der Waals surface area contributed by atoms with E-state index in [-0.39, 0.29) is 12.4 Å². The predicted octanol–water partition coefficient (Wildman–Crippen LogP) is 2.17. The zero-order valence-corrected chi connectivity index (χ0v) is 9.78. The first-order chi connectivity index (χ1) is 8.35. The number of halogens is 3. The van der Waals surface area contributed by atoms with Crippen molar-refractivity contribution in [2.45, 2.75) is 12.6 Å². The number of nitrogens with two attached hydrogens (primary N) is 1. The van der Waals surface area contributed by atoms with Gasteiger partial charge in [0.1, 0.15) is 0 Å². The first kappa shape index (κ1) is 14.1. The third kappa shape index (κ3) is 3.83. The van der Waals surface area contributed by atoms with Crippen LogP contribution in [0.1, 0.15) is 12.0 Å². The van der Waals surface area contributed by atoms with E-state index in [9.17, 15) is 13.2 Å². The lowest BCUT2D eigenvalue weighted by Crippen LogP contribution is -2.26. The molecule has 0 spiro atoms. The average molecular weight is 261 g/mol. The largest absolute Gasteiger partial charge is 0.409 e. The van der Waals surface area contributed by atoms with Gasteiger partial charge in [-0.1, -0.05) is 17.3 Å². The minimum absolute atomic E-state index is 0.135. The van der Waals surface area contributed by atoms with Gasteiger partial charge in [0, 0.05) is 24.8 Å². The smallest absolute Gasteiger partial charge is 0.390 e. The van der Waals surface area contributed by atoms with E-state index in [4.69, 9.17) is 10.9 Å². The van der Waals surface area contributed by atoms with Gasteiger partial charge in [-0.3, -0.25) is 0 Å². The molecule has 0 bridgehead atoms. The topological polar surface area (TPSA) is 61.8 Å². The van der Waals surface area contributed by atoms with E-state index >= 15 is 0 Å². The Morgan fingerprint density at radius 3 is 2.56 bits per heavy atom. The quantitative estimate of drug-likeness (QED) is 0.378. The minimum Gasteiger partial charge on any atom is -0.409 e. The number of anilines is 1. The lowest BCUT2D eigenvalue weighted by atomic mass is 10.1. The summed E-state index contributed by atoms with van der Waals surface area (Å²) in [7, 11) is 1.52. The normalized spacial score (nSPS) is 12.6. The van der Waals surface area contributed by atoms with Gasteiger partial charge >= 0.3 is 6.18 Å². The van der Waals surface area contributed by atoms with Crippen molar-refractivity contribution in [3.8, 4) is 0 Å². The van der Waals surface area contributed by atoms with Crippen molar-refractivity contribution < 1.29 is 18.4 Å². The molecule has 0 atom stereocenters. The summed E-state index contributed by atoms with van der Waals surface area (Å²) < 4.78 is 36.4. The highest BCUT2D eigenvalue weighted by atomic mass is 19.4. The summed E-state index contributed by atoms with van der Waals surface area (Å²) in [6, 6.07) is 6.53. The lowest BCUT2D eigenvalue weighted by molar-refractivity contribution is -0.132. The highest BCUT2D eigenvalue weighted by molar-refractivity contribution is 6.02. The molecular weight excluding hydrogens is 247 g/mol. The van der Waals surface area contributed by atoms with Gasteiger partial charge < -0.3 is 15.8 Å². The molecule has 0 aliphatic heterocycles.